The molecule has 2 aliphatic heterocycles. The van der Waals surface area contributed by atoms with Crippen LogP contribution in [-0.2, 0) is 14.3 Å². The molecule has 0 radical (unpaired) electrons. The molecule has 1 atom stereocenters. The Balaban J connectivity index is 1.50. The number of carbonyl (C=O) groups is 1. The molecule has 0 aliphatic carbocycles. The van der Waals surface area contributed by atoms with Gasteiger partial charge in [0.25, 0.3) is 0 Å². The standard InChI is InChI=1S/C18H27N3O3/c19-17(13-5-9-23-10-6-13)18(22)21-15-3-1-14(2-4-15)20-16-7-11-24-12-8-16/h1-4,13,16-17,20H,5-12,19H2,(H,21,22). The van der Waals surface area contributed by atoms with Gasteiger partial charge in [-0.05, 0) is 55.9 Å². The number of hydrogen-bond acceptors (Lipinski definition) is 5. The number of benzene rings is 1. The summed E-state index contributed by atoms with van der Waals surface area (Å²) in [5, 5.41) is 6.42. The van der Waals surface area contributed by atoms with E-state index in [2.05, 4.69) is 10.6 Å². The molecule has 1 unspecified atom stereocenters. The quantitative estimate of drug-likeness (QED) is 0.767. The van der Waals surface area contributed by atoms with Crippen molar-refractivity contribution in [2.24, 2.45) is 11.7 Å². The topological polar surface area (TPSA) is 85.6 Å². The van der Waals surface area contributed by atoms with Crippen LogP contribution in [0.3, 0.4) is 0 Å². The lowest BCUT2D eigenvalue weighted by molar-refractivity contribution is -0.119. The van der Waals surface area contributed by atoms with Crippen molar-refractivity contribution in [3.05, 3.63) is 24.3 Å². The SMILES string of the molecule is NC(C(=O)Nc1ccc(NC2CCOCC2)cc1)C1CCOCC1. The first-order valence-electron chi connectivity index (χ1n) is 8.81. The molecule has 2 fully saturated rings. The van der Waals surface area contributed by atoms with Crippen LogP contribution in [0.5, 0.6) is 0 Å². The van der Waals surface area contributed by atoms with Crippen molar-refractivity contribution in [2.45, 2.75) is 37.8 Å². The molecule has 1 amide bonds. The minimum Gasteiger partial charge on any atom is -0.382 e. The van der Waals surface area contributed by atoms with Gasteiger partial charge in [0.15, 0.2) is 0 Å². The van der Waals surface area contributed by atoms with Crippen molar-refractivity contribution in [3.8, 4) is 0 Å². The van der Waals surface area contributed by atoms with E-state index in [9.17, 15) is 4.79 Å². The first-order valence-corrected chi connectivity index (χ1v) is 8.81. The predicted molar refractivity (Wildman–Crippen MR) is 94.1 cm³/mol. The molecule has 2 saturated heterocycles. The number of rotatable bonds is 5. The van der Waals surface area contributed by atoms with Gasteiger partial charge in [0.2, 0.25) is 5.91 Å². The third-order valence-electron chi connectivity index (χ3n) is 4.82. The molecule has 4 N–H and O–H groups in total. The molecular weight excluding hydrogens is 306 g/mol. The van der Waals surface area contributed by atoms with E-state index in [1.165, 1.54) is 0 Å². The minimum atomic E-state index is -0.478. The number of hydrogen-bond donors (Lipinski definition) is 3. The zero-order valence-electron chi connectivity index (χ0n) is 14.0. The van der Waals surface area contributed by atoms with Crippen LogP contribution >= 0.6 is 0 Å². The monoisotopic (exact) mass is 333 g/mol. The van der Waals surface area contributed by atoms with Crippen LogP contribution < -0.4 is 16.4 Å². The molecule has 132 valence electrons. The van der Waals surface area contributed by atoms with E-state index in [4.69, 9.17) is 15.2 Å². The van der Waals surface area contributed by atoms with Gasteiger partial charge in [0.05, 0.1) is 6.04 Å². The summed E-state index contributed by atoms with van der Waals surface area (Å²) < 4.78 is 10.7. The molecule has 6 heteroatoms. The fourth-order valence-electron chi connectivity index (χ4n) is 3.24. The van der Waals surface area contributed by atoms with E-state index in [-0.39, 0.29) is 11.8 Å². The fraction of sp³-hybridized carbons (Fsp3) is 0.611. The van der Waals surface area contributed by atoms with Gasteiger partial charge < -0.3 is 25.8 Å². The average Bonchev–Trinajstić information content (AvgIpc) is 2.64. The minimum absolute atomic E-state index is 0.118. The molecule has 6 nitrogen and oxygen atoms in total. The highest BCUT2D eigenvalue weighted by Crippen LogP contribution is 2.20. The molecule has 1 aromatic carbocycles. The summed E-state index contributed by atoms with van der Waals surface area (Å²) in [5.41, 5.74) is 7.94. The largest absolute Gasteiger partial charge is 0.382 e. The summed E-state index contributed by atoms with van der Waals surface area (Å²) in [6, 6.07) is 7.79. The van der Waals surface area contributed by atoms with Gasteiger partial charge in [-0.3, -0.25) is 4.79 Å². The van der Waals surface area contributed by atoms with E-state index >= 15 is 0 Å². The Bertz CT molecular complexity index is 523. The number of nitrogens with two attached hydrogens (primary N) is 1. The molecule has 0 bridgehead atoms. The molecule has 1 aromatic rings. The number of anilines is 2. The number of ether oxygens (including phenoxy) is 2. The van der Waals surface area contributed by atoms with Crippen LogP contribution in [0.4, 0.5) is 11.4 Å². The Labute approximate surface area is 143 Å². The molecule has 3 rings (SSSR count). The first-order chi connectivity index (χ1) is 11.7. The second-order valence-electron chi connectivity index (χ2n) is 6.57. The van der Waals surface area contributed by atoms with Crippen LogP contribution in [0, 0.1) is 5.92 Å². The molecule has 0 saturated carbocycles. The highest BCUT2D eigenvalue weighted by molar-refractivity contribution is 5.95. The Morgan fingerprint density at radius 3 is 2.12 bits per heavy atom. The van der Waals surface area contributed by atoms with E-state index in [1.54, 1.807) is 0 Å². The molecule has 24 heavy (non-hydrogen) atoms. The van der Waals surface area contributed by atoms with E-state index in [1.807, 2.05) is 24.3 Å². The zero-order chi connectivity index (χ0) is 16.8. The van der Waals surface area contributed by atoms with Crippen LogP contribution in [-0.4, -0.2) is 44.4 Å². The van der Waals surface area contributed by atoms with Crippen molar-refractivity contribution < 1.29 is 14.3 Å². The van der Waals surface area contributed by atoms with Gasteiger partial charge in [0.1, 0.15) is 0 Å². The Morgan fingerprint density at radius 2 is 1.50 bits per heavy atom. The Hall–Kier alpha value is -1.63. The van der Waals surface area contributed by atoms with Crippen molar-refractivity contribution >= 4 is 17.3 Å². The Morgan fingerprint density at radius 1 is 0.958 bits per heavy atom. The van der Waals surface area contributed by atoms with Crippen molar-refractivity contribution in [2.75, 3.05) is 37.1 Å². The highest BCUT2D eigenvalue weighted by Gasteiger charge is 2.26. The second kappa shape index (κ2) is 8.46. The highest BCUT2D eigenvalue weighted by atomic mass is 16.5. The average molecular weight is 333 g/mol. The number of amides is 1. The lowest BCUT2D eigenvalue weighted by Gasteiger charge is -2.26. The van der Waals surface area contributed by atoms with Crippen molar-refractivity contribution in [1.29, 1.82) is 0 Å². The third kappa shape index (κ3) is 4.69. The molecule has 2 heterocycles. The van der Waals surface area contributed by atoms with Gasteiger partial charge in [-0.15, -0.1) is 0 Å². The summed E-state index contributed by atoms with van der Waals surface area (Å²) in [4.78, 5) is 12.3. The summed E-state index contributed by atoms with van der Waals surface area (Å²) in [5.74, 6) is 0.0836. The Kier molecular flexibility index (Phi) is 6.07. The summed E-state index contributed by atoms with van der Waals surface area (Å²) in [6.07, 6.45) is 3.75. The van der Waals surface area contributed by atoms with E-state index in [0.717, 1.165) is 50.3 Å². The first kappa shape index (κ1) is 17.2. The smallest absolute Gasteiger partial charge is 0.241 e. The maximum Gasteiger partial charge on any atom is 0.241 e. The second-order valence-corrected chi connectivity index (χ2v) is 6.57. The zero-order valence-corrected chi connectivity index (χ0v) is 14.0. The molecular formula is C18H27N3O3. The van der Waals surface area contributed by atoms with Gasteiger partial charge in [-0.25, -0.2) is 0 Å². The maximum absolute atomic E-state index is 12.3. The van der Waals surface area contributed by atoms with Crippen molar-refractivity contribution in [1.82, 2.24) is 0 Å². The summed E-state index contributed by atoms with van der Waals surface area (Å²) in [6.45, 7) is 3.02. The maximum atomic E-state index is 12.3. The summed E-state index contributed by atoms with van der Waals surface area (Å²) >= 11 is 0. The van der Waals surface area contributed by atoms with Gasteiger partial charge in [-0.1, -0.05) is 0 Å². The molecule has 2 aliphatic rings. The van der Waals surface area contributed by atoms with Gasteiger partial charge in [0, 0.05) is 43.8 Å². The summed E-state index contributed by atoms with van der Waals surface area (Å²) in [7, 11) is 0. The van der Waals surface area contributed by atoms with Gasteiger partial charge >= 0.3 is 0 Å². The predicted octanol–water partition coefficient (Wildman–Crippen LogP) is 1.97. The van der Waals surface area contributed by atoms with Gasteiger partial charge in [-0.2, -0.15) is 0 Å². The number of carbonyl (C=O) groups excluding carboxylic acids is 1. The van der Waals surface area contributed by atoms with Crippen LogP contribution in [0.25, 0.3) is 0 Å². The lowest BCUT2D eigenvalue weighted by Crippen LogP contribution is -2.43. The van der Waals surface area contributed by atoms with E-state index in [0.29, 0.717) is 19.3 Å². The van der Waals surface area contributed by atoms with Crippen LogP contribution in [0.15, 0.2) is 24.3 Å². The number of nitrogens with one attached hydrogen (secondary N) is 2. The van der Waals surface area contributed by atoms with Crippen molar-refractivity contribution in [3.63, 3.8) is 0 Å². The lowest BCUT2D eigenvalue weighted by atomic mass is 9.92. The normalized spacial score (nSPS) is 21.2. The van der Waals surface area contributed by atoms with Crippen LogP contribution in [0.2, 0.25) is 0 Å². The third-order valence-corrected chi connectivity index (χ3v) is 4.82. The molecule has 0 aromatic heterocycles. The fourth-order valence-corrected chi connectivity index (χ4v) is 3.24. The van der Waals surface area contributed by atoms with Crippen LogP contribution in [0.1, 0.15) is 25.7 Å². The van der Waals surface area contributed by atoms with E-state index < -0.39 is 6.04 Å². The molecule has 0 spiro atoms.